The third-order valence-corrected chi connectivity index (χ3v) is 7.78. The molecule has 2 aliphatic rings. The zero-order chi connectivity index (χ0) is 28.5. The fourth-order valence-corrected chi connectivity index (χ4v) is 5.35. The number of hydrogen-bond donors (Lipinski definition) is 3. The minimum absolute atomic E-state index is 0.0947. The molecule has 0 fully saturated rings. The molecule has 1 heterocycles. The van der Waals surface area contributed by atoms with Crippen LogP contribution >= 0.6 is 0 Å². The lowest BCUT2D eigenvalue weighted by molar-refractivity contribution is -0.137. The number of rotatable bonds is 9. The summed E-state index contributed by atoms with van der Waals surface area (Å²) in [5.74, 6) is 0.703. The number of nitrogens with one attached hydrogen (secondary N) is 1. The molecule has 0 saturated heterocycles. The van der Waals surface area contributed by atoms with Gasteiger partial charge in [-0.2, -0.15) is 13.2 Å². The van der Waals surface area contributed by atoms with Crippen molar-refractivity contribution in [3.8, 4) is 5.75 Å². The number of hydrogen-bond acceptors (Lipinski definition) is 6. The molecule has 5 N–H and O–H groups in total. The molecule has 0 spiro atoms. The molecule has 0 bridgehead atoms. The number of alkyl halides is 3. The molecule has 1 aliphatic carbocycles. The average Bonchev–Trinajstić information content (AvgIpc) is 3.20. The van der Waals surface area contributed by atoms with Crippen LogP contribution in [0.15, 0.2) is 48.0 Å². The van der Waals surface area contributed by atoms with E-state index in [0.717, 1.165) is 35.6 Å². The van der Waals surface area contributed by atoms with Gasteiger partial charge in [-0.25, -0.2) is 4.99 Å². The first-order chi connectivity index (χ1) is 18.4. The zero-order valence-electron chi connectivity index (χ0n) is 22.6. The summed E-state index contributed by atoms with van der Waals surface area (Å²) in [6.07, 6.45) is -2.36. The number of aliphatic imine (C=N–C) groups is 1. The number of amides is 1. The number of halogens is 3. The van der Waals surface area contributed by atoms with E-state index in [1.807, 2.05) is 39.0 Å². The molecule has 2 unspecified atom stereocenters. The Hall–Kier alpha value is -3.53. The molecule has 210 valence electrons. The van der Waals surface area contributed by atoms with Gasteiger partial charge in [0, 0.05) is 17.3 Å². The highest BCUT2D eigenvalue weighted by molar-refractivity contribution is 5.99. The second-order valence-electron chi connectivity index (χ2n) is 10.2. The highest BCUT2D eigenvalue weighted by atomic mass is 19.4. The number of nitrogens with two attached hydrogens (primary N) is 2. The molecular formula is C29H36F3N5O2. The highest BCUT2D eigenvalue weighted by Crippen LogP contribution is 2.38. The Morgan fingerprint density at radius 2 is 1.92 bits per heavy atom. The fraction of sp³-hybridized carbons (Fsp3) is 0.448. The van der Waals surface area contributed by atoms with Crippen molar-refractivity contribution in [1.82, 2.24) is 10.2 Å². The molecule has 39 heavy (non-hydrogen) atoms. The maximum Gasteiger partial charge on any atom is 0.416 e. The molecule has 2 aromatic rings. The Morgan fingerprint density at radius 1 is 1.21 bits per heavy atom. The largest absolute Gasteiger partial charge is 0.494 e. The van der Waals surface area contributed by atoms with Crippen LogP contribution in [0.3, 0.4) is 0 Å². The van der Waals surface area contributed by atoms with Gasteiger partial charge in [-0.3, -0.25) is 9.69 Å². The molecule has 7 nitrogen and oxygen atoms in total. The first-order valence-corrected chi connectivity index (χ1v) is 13.2. The lowest BCUT2D eigenvalue weighted by Gasteiger charge is -2.36. The third kappa shape index (κ3) is 5.75. The Balaban J connectivity index is 1.58. The van der Waals surface area contributed by atoms with Gasteiger partial charge in [-0.1, -0.05) is 26.5 Å². The second-order valence-corrected chi connectivity index (χ2v) is 10.2. The van der Waals surface area contributed by atoms with Crippen LogP contribution in [0, 0.1) is 0 Å². The van der Waals surface area contributed by atoms with E-state index >= 15 is 0 Å². The number of benzene rings is 2. The highest BCUT2D eigenvalue weighted by Gasteiger charge is 2.38. The van der Waals surface area contributed by atoms with E-state index in [-0.39, 0.29) is 24.8 Å². The summed E-state index contributed by atoms with van der Waals surface area (Å²) in [4.78, 5) is 19.3. The molecule has 1 aliphatic heterocycles. The molecule has 4 rings (SSSR count). The summed E-state index contributed by atoms with van der Waals surface area (Å²) in [5.41, 5.74) is 14.8. The first-order valence-electron chi connectivity index (χ1n) is 13.2. The molecule has 0 aromatic heterocycles. The van der Waals surface area contributed by atoms with Gasteiger partial charge in [0.2, 0.25) is 5.91 Å². The molecule has 10 heteroatoms. The van der Waals surface area contributed by atoms with Crippen LogP contribution in [-0.2, 0) is 23.9 Å². The summed E-state index contributed by atoms with van der Waals surface area (Å²) in [5, 5.41) is 3.31. The van der Waals surface area contributed by atoms with Crippen molar-refractivity contribution in [2.45, 2.75) is 76.8 Å². The SMILES string of the molecule is C=C(NC1c2ccc(C(F)(F)F)cc2CC1N)c1ccc(OCC)c(CN2C(=O)CC(CC)(CC)N=C2N)c1. The van der Waals surface area contributed by atoms with E-state index in [9.17, 15) is 18.0 Å². The fourth-order valence-electron chi connectivity index (χ4n) is 5.35. The van der Waals surface area contributed by atoms with Gasteiger partial charge in [0.1, 0.15) is 5.75 Å². The monoisotopic (exact) mass is 543 g/mol. The van der Waals surface area contributed by atoms with E-state index in [1.165, 1.54) is 17.0 Å². The molecule has 2 atom stereocenters. The second kappa shape index (κ2) is 10.9. The van der Waals surface area contributed by atoms with Crippen molar-refractivity contribution in [3.63, 3.8) is 0 Å². The van der Waals surface area contributed by atoms with Crippen LogP contribution in [0.2, 0.25) is 0 Å². The lowest BCUT2D eigenvalue weighted by atomic mass is 9.88. The minimum atomic E-state index is -4.41. The van der Waals surface area contributed by atoms with Gasteiger partial charge in [0.15, 0.2) is 5.96 Å². The number of carbonyl (C=O) groups is 1. The summed E-state index contributed by atoms with van der Waals surface area (Å²) in [6.45, 7) is 10.7. The molecule has 1 amide bonds. The van der Waals surface area contributed by atoms with Crippen LogP contribution in [0.4, 0.5) is 13.2 Å². The van der Waals surface area contributed by atoms with Crippen LogP contribution in [0.5, 0.6) is 5.75 Å². The Labute approximate surface area is 227 Å². The standard InChI is InChI=1S/C29H36F3N5O2/c1-5-28(6-2)15-25(38)37(27(34)36-28)16-20-12-18(8-11-24(20)39-7-3)17(4)35-26-22-10-9-21(29(30,31)32)13-19(22)14-23(26)33/h8-13,23,26,35H,4-7,14-16,33H2,1-3H3,(H2,34,36). The number of ether oxygens (including phenoxy) is 1. The van der Waals surface area contributed by atoms with Crippen LogP contribution in [-0.4, -0.2) is 35.0 Å². The minimum Gasteiger partial charge on any atom is -0.494 e. The first kappa shape index (κ1) is 28.5. The van der Waals surface area contributed by atoms with Crippen molar-refractivity contribution in [2.75, 3.05) is 6.61 Å². The van der Waals surface area contributed by atoms with Gasteiger partial charge in [0.25, 0.3) is 0 Å². The molecule has 0 radical (unpaired) electrons. The zero-order valence-corrected chi connectivity index (χ0v) is 22.6. The van der Waals surface area contributed by atoms with E-state index in [4.69, 9.17) is 16.2 Å². The van der Waals surface area contributed by atoms with E-state index in [0.29, 0.717) is 30.0 Å². The maximum atomic E-state index is 13.2. The molecule has 0 saturated carbocycles. The normalized spacial score (nSPS) is 20.4. The Kier molecular flexibility index (Phi) is 7.97. The van der Waals surface area contributed by atoms with Gasteiger partial charge in [-0.05, 0) is 73.2 Å². The topological polar surface area (TPSA) is 106 Å². The third-order valence-electron chi connectivity index (χ3n) is 7.78. The van der Waals surface area contributed by atoms with E-state index in [2.05, 4.69) is 16.9 Å². The Bertz CT molecular complexity index is 1290. The van der Waals surface area contributed by atoms with Gasteiger partial charge >= 0.3 is 6.18 Å². The maximum absolute atomic E-state index is 13.2. The summed E-state index contributed by atoms with van der Waals surface area (Å²) >= 11 is 0. The van der Waals surface area contributed by atoms with Crippen molar-refractivity contribution in [1.29, 1.82) is 0 Å². The van der Waals surface area contributed by atoms with Crippen molar-refractivity contribution >= 4 is 17.6 Å². The van der Waals surface area contributed by atoms with Crippen LogP contribution in [0.25, 0.3) is 5.70 Å². The predicted octanol–water partition coefficient (Wildman–Crippen LogP) is 4.89. The number of guanidine groups is 1. The van der Waals surface area contributed by atoms with E-state index in [1.54, 1.807) is 0 Å². The van der Waals surface area contributed by atoms with Crippen LogP contribution in [0.1, 0.15) is 73.9 Å². The number of carbonyl (C=O) groups excluding carboxylic acids is 1. The smallest absolute Gasteiger partial charge is 0.416 e. The van der Waals surface area contributed by atoms with Crippen molar-refractivity contribution < 1.29 is 22.7 Å². The van der Waals surface area contributed by atoms with E-state index < -0.39 is 29.4 Å². The van der Waals surface area contributed by atoms with Gasteiger partial charge in [0.05, 0.1) is 36.7 Å². The van der Waals surface area contributed by atoms with Gasteiger partial charge < -0.3 is 21.5 Å². The summed E-state index contributed by atoms with van der Waals surface area (Å²) < 4.78 is 45.4. The number of fused-ring (bicyclic) bond motifs is 1. The van der Waals surface area contributed by atoms with Gasteiger partial charge in [-0.15, -0.1) is 0 Å². The van der Waals surface area contributed by atoms with Crippen molar-refractivity contribution in [2.24, 2.45) is 16.5 Å². The quantitative estimate of drug-likeness (QED) is 0.418. The van der Waals surface area contributed by atoms with Crippen molar-refractivity contribution in [3.05, 3.63) is 70.8 Å². The lowest BCUT2D eigenvalue weighted by Crippen LogP contribution is -2.50. The molecule has 2 aromatic carbocycles. The average molecular weight is 544 g/mol. The summed E-state index contributed by atoms with van der Waals surface area (Å²) in [6, 6.07) is 8.44. The summed E-state index contributed by atoms with van der Waals surface area (Å²) in [7, 11) is 0. The Morgan fingerprint density at radius 3 is 2.54 bits per heavy atom. The van der Waals surface area contributed by atoms with Crippen LogP contribution < -0.4 is 21.5 Å². The molecular weight excluding hydrogens is 507 g/mol. The predicted molar refractivity (Wildman–Crippen MR) is 146 cm³/mol. The number of nitrogens with zero attached hydrogens (tertiary/aromatic N) is 2.